The quantitative estimate of drug-likeness (QED) is 0.824. The van der Waals surface area contributed by atoms with E-state index in [9.17, 15) is 4.79 Å². The zero-order valence-electron chi connectivity index (χ0n) is 16.0. The molecule has 2 saturated heterocycles. The van der Waals surface area contributed by atoms with Crippen molar-refractivity contribution in [2.75, 3.05) is 38.2 Å². The number of amides is 1. The van der Waals surface area contributed by atoms with Crippen LogP contribution in [0.1, 0.15) is 28.9 Å². The first-order chi connectivity index (χ1) is 14.2. The molecule has 150 valence electrons. The number of hydrogen-bond acceptors (Lipinski definition) is 8. The van der Waals surface area contributed by atoms with Gasteiger partial charge in [0.15, 0.2) is 0 Å². The Bertz CT molecular complexity index is 885. The van der Waals surface area contributed by atoms with E-state index in [4.69, 9.17) is 14.7 Å². The Hall–Kier alpha value is -3.09. The maximum absolute atomic E-state index is 12.8. The smallest absolute Gasteiger partial charge is 0.272 e. The number of ether oxygens (including phenoxy) is 2. The molecule has 29 heavy (non-hydrogen) atoms. The molecule has 4 heterocycles. The molecular weight excluding hydrogens is 372 g/mol. The van der Waals surface area contributed by atoms with Crippen LogP contribution in [0.2, 0.25) is 0 Å². The van der Waals surface area contributed by atoms with E-state index < -0.39 is 5.60 Å². The molecule has 1 amide bonds. The second-order valence-electron chi connectivity index (χ2n) is 7.26. The predicted molar refractivity (Wildman–Crippen MR) is 103 cm³/mol. The van der Waals surface area contributed by atoms with Crippen molar-refractivity contribution in [3.05, 3.63) is 48.2 Å². The van der Waals surface area contributed by atoms with E-state index in [-0.39, 0.29) is 12.0 Å². The van der Waals surface area contributed by atoms with Crippen LogP contribution in [0.5, 0.6) is 0 Å². The summed E-state index contributed by atoms with van der Waals surface area (Å²) in [5.41, 5.74) is 0.389. The highest BCUT2D eigenvalue weighted by Crippen LogP contribution is 2.33. The number of nitrogens with zero attached hydrogens (tertiary/aromatic N) is 5. The van der Waals surface area contributed by atoms with E-state index in [0.29, 0.717) is 49.9 Å². The SMILES string of the molecule is N#Cc1ccc(NC[C@H]2CC[C@]3(COCCN(C(=O)c4ccncn4)C3)O2)nc1. The van der Waals surface area contributed by atoms with Gasteiger partial charge in [-0.3, -0.25) is 4.79 Å². The zero-order valence-corrected chi connectivity index (χ0v) is 16.0. The summed E-state index contributed by atoms with van der Waals surface area (Å²) < 4.78 is 12.1. The van der Waals surface area contributed by atoms with E-state index in [1.165, 1.54) is 12.5 Å². The number of pyridine rings is 1. The standard InChI is InChI=1S/C20H22N6O3/c21-9-15-1-2-18(23-10-15)24-11-16-3-5-20(29-16)12-26(7-8-28-13-20)19(27)17-4-6-22-14-25-17/h1-2,4,6,10,14,16H,3,5,7-8,11-13H2,(H,23,24)/t16-,20+/m1/s1. The highest BCUT2D eigenvalue weighted by atomic mass is 16.6. The third-order valence-corrected chi connectivity index (χ3v) is 5.18. The van der Waals surface area contributed by atoms with Gasteiger partial charge >= 0.3 is 0 Å². The Labute approximate surface area is 168 Å². The van der Waals surface area contributed by atoms with E-state index >= 15 is 0 Å². The first-order valence-corrected chi connectivity index (χ1v) is 9.58. The fourth-order valence-electron chi connectivity index (χ4n) is 3.70. The fourth-order valence-corrected chi connectivity index (χ4v) is 3.70. The van der Waals surface area contributed by atoms with Crippen molar-refractivity contribution < 1.29 is 14.3 Å². The van der Waals surface area contributed by atoms with Gasteiger partial charge in [0.25, 0.3) is 5.91 Å². The number of nitriles is 1. The van der Waals surface area contributed by atoms with Crippen LogP contribution in [-0.4, -0.2) is 70.3 Å². The Kier molecular flexibility index (Phi) is 5.64. The van der Waals surface area contributed by atoms with Crippen LogP contribution in [0.25, 0.3) is 0 Å². The van der Waals surface area contributed by atoms with Gasteiger partial charge in [-0.15, -0.1) is 0 Å². The molecule has 2 atom stereocenters. The second kappa shape index (κ2) is 8.51. The summed E-state index contributed by atoms with van der Waals surface area (Å²) in [6.45, 7) is 2.51. The molecule has 0 unspecified atom stereocenters. The first kappa shape index (κ1) is 19.2. The number of hydrogen-bond donors (Lipinski definition) is 1. The summed E-state index contributed by atoms with van der Waals surface area (Å²) in [5.74, 6) is 0.565. The van der Waals surface area contributed by atoms with E-state index in [1.807, 2.05) is 0 Å². The molecule has 9 heteroatoms. The number of carbonyl (C=O) groups is 1. The molecule has 1 N–H and O–H groups in total. The number of carbonyl (C=O) groups excluding carboxylic acids is 1. The Morgan fingerprint density at radius 1 is 1.38 bits per heavy atom. The average Bonchev–Trinajstić information content (AvgIpc) is 3.05. The lowest BCUT2D eigenvalue weighted by atomic mass is 10.00. The maximum Gasteiger partial charge on any atom is 0.272 e. The number of anilines is 1. The van der Waals surface area contributed by atoms with Crippen LogP contribution in [0.4, 0.5) is 5.82 Å². The molecule has 2 fully saturated rings. The van der Waals surface area contributed by atoms with Crippen molar-refractivity contribution in [2.24, 2.45) is 0 Å². The normalized spacial score (nSPS) is 24.1. The minimum atomic E-state index is -0.510. The van der Waals surface area contributed by atoms with Gasteiger partial charge in [-0.05, 0) is 31.0 Å². The average molecular weight is 394 g/mol. The maximum atomic E-state index is 12.8. The molecule has 2 aromatic heterocycles. The summed E-state index contributed by atoms with van der Waals surface area (Å²) in [6.07, 6.45) is 6.15. The fraction of sp³-hybridized carbons (Fsp3) is 0.450. The molecule has 2 aliphatic heterocycles. The third kappa shape index (κ3) is 4.50. The molecule has 1 spiro atoms. The summed E-state index contributed by atoms with van der Waals surface area (Å²) in [4.78, 5) is 26.7. The van der Waals surface area contributed by atoms with Gasteiger partial charge < -0.3 is 19.7 Å². The summed E-state index contributed by atoms with van der Waals surface area (Å²) in [7, 11) is 0. The molecule has 0 bridgehead atoms. The van der Waals surface area contributed by atoms with Gasteiger partial charge in [0.2, 0.25) is 0 Å². The lowest BCUT2D eigenvalue weighted by Crippen LogP contribution is -2.47. The van der Waals surface area contributed by atoms with Crippen LogP contribution in [-0.2, 0) is 9.47 Å². The molecule has 0 aromatic carbocycles. The number of nitrogens with one attached hydrogen (secondary N) is 1. The van der Waals surface area contributed by atoms with Crippen LogP contribution >= 0.6 is 0 Å². The highest BCUT2D eigenvalue weighted by Gasteiger charge is 2.44. The predicted octanol–water partition coefficient (Wildman–Crippen LogP) is 1.25. The van der Waals surface area contributed by atoms with Gasteiger partial charge in [0.1, 0.15) is 29.5 Å². The van der Waals surface area contributed by atoms with Gasteiger partial charge in [0, 0.05) is 25.5 Å². The monoisotopic (exact) mass is 394 g/mol. The van der Waals surface area contributed by atoms with Gasteiger partial charge in [-0.1, -0.05) is 0 Å². The van der Waals surface area contributed by atoms with Gasteiger partial charge in [0.05, 0.1) is 31.4 Å². The molecule has 9 nitrogen and oxygen atoms in total. The Morgan fingerprint density at radius 2 is 2.31 bits per heavy atom. The zero-order chi connectivity index (χ0) is 20.1. The van der Waals surface area contributed by atoms with Crippen LogP contribution in [0.15, 0.2) is 36.9 Å². The van der Waals surface area contributed by atoms with E-state index in [1.54, 1.807) is 29.3 Å². The van der Waals surface area contributed by atoms with Crippen molar-refractivity contribution in [2.45, 2.75) is 24.5 Å². The van der Waals surface area contributed by atoms with Crippen molar-refractivity contribution >= 4 is 11.7 Å². The van der Waals surface area contributed by atoms with Gasteiger partial charge in [-0.2, -0.15) is 5.26 Å². The molecule has 4 rings (SSSR count). The van der Waals surface area contributed by atoms with Crippen molar-refractivity contribution in [1.82, 2.24) is 19.9 Å². The molecule has 2 aromatic rings. The van der Waals surface area contributed by atoms with Crippen molar-refractivity contribution in [3.63, 3.8) is 0 Å². The van der Waals surface area contributed by atoms with Crippen molar-refractivity contribution in [1.29, 1.82) is 5.26 Å². The summed E-state index contributed by atoms with van der Waals surface area (Å²) >= 11 is 0. The topological polar surface area (TPSA) is 113 Å². The largest absolute Gasteiger partial charge is 0.377 e. The van der Waals surface area contributed by atoms with Crippen LogP contribution in [0, 0.1) is 11.3 Å². The van der Waals surface area contributed by atoms with E-state index in [2.05, 4.69) is 26.3 Å². The van der Waals surface area contributed by atoms with Crippen molar-refractivity contribution in [3.8, 4) is 6.07 Å². The minimum absolute atomic E-state index is 0.00912. The lowest BCUT2D eigenvalue weighted by Gasteiger charge is -2.31. The van der Waals surface area contributed by atoms with Crippen LogP contribution < -0.4 is 5.32 Å². The summed E-state index contributed by atoms with van der Waals surface area (Å²) in [5, 5.41) is 12.1. The Morgan fingerprint density at radius 3 is 3.07 bits per heavy atom. The summed E-state index contributed by atoms with van der Waals surface area (Å²) in [6, 6.07) is 7.17. The first-order valence-electron chi connectivity index (χ1n) is 9.58. The minimum Gasteiger partial charge on any atom is -0.377 e. The highest BCUT2D eigenvalue weighted by molar-refractivity contribution is 5.92. The number of aromatic nitrogens is 3. The van der Waals surface area contributed by atoms with Gasteiger partial charge in [-0.25, -0.2) is 15.0 Å². The number of rotatable bonds is 4. The van der Waals surface area contributed by atoms with Crippen LogP contribution in [0.3, 0.4) is 0 Å². The van der Waals surface area contributed by atoms with E-state index in [0.717, 1.165) is 12.8 Å². The molecule has 0 radical (unpaired) electrons. The molecule has 2 aliphatic rings. The molecular formula is C20H22N6O3. The third-order valence-electron chi connectivity index (χ3n) is 5.18. The molecule has 0 saturated carbocycles. The lowest BCUT2D eigenvalue weighted by molar-refractivity contribution is -0.0802. The Balaban J connectivity index is 1.37. The second-order valence-corrected chi connectivity index (χ2v) is 7.26. The molecule has 0 aliphatic carbocycles.